The van der Waals surface area contributed by atoms with Crippen LogP contribution in [-0.4, -0.2) is 11.2 Å². The number of thiophene rings is 1. The predicted octanol–water partition coefficient (Wildman–Crippen LogP) is 3.54. The Kier molecular flexibility index (Phi) is 3.07. The molecule has 0 fully saturated rings. The van der Waals surface area contributed by atoms with E-state index >= 15 is 0 Å². The Morgan fingerprint density at radius 3 is 3.07 bits per heavy atom. The molecule has 0 aliphatic carbocycles. The van der Waals surface area contributed by atoms with Crippen LogP contribution in [0.5, 0.6) is 0 Å². The summed E-state index contributed by atoms with van der Waals surface area (Å²) in [5.41, 5.74) is 1.99. The highest BCUT2D eigenvalue weighted by Crippen LogP contribution is 2.27. The van der Waals surface area contributed by atoms with Crippen molar-refractivity contribution in [1.82, 2.24) is 0 Å². The van der Waals surface area contributed by atoms with Crippen LogP contribution in [0.3, 0.4) is 0 Å². The first-order valence-corrected chi connectivity index (χ1v) is 6.54. The minimum atomic E-state index is -0.0207. The predicted molar refractivity (Wildman–Crippen MR) is 69.0 cm³/mol. The van der Waals surface area contributed by atoms with Crippen molar-refractivity contribution in [3.05, 3.63) is 29.1 Å². The molecule has 1 aromatic carbocycles. The number of carbonyl (C=O) groups is 1. The van der Waals surface area contributed by atoms with Gasteiger partial charge in [-0.2, -0.15) is 0 Å². The number of alkyl halides is 1. The van der Waals surface area contributed by atoms with E-state index in [4.69, 9.17) is 0 Å². The fourth-order valence-corrected chi connectivity index (χ4v) is 2.44. The van der Waals surface area contributed by atoms with Crippen LogP contribution in [0.4, 0.5) is 5.69 Å². The number of aryl methyl sites for hydroxylation is 1. The summed E-state index contributed by atoms with van der Waals surface area (Å²) in [7, 11) is 0. The Balaban J connectivity index is 2.41. The first-order chi connectivity index (χ1) is 7.20. The van der Waals surface area contributed by atoms with Gasteiger partial charge in [0.25, 0.3) is 0 Å². The van der Waals surface area contributed by atoms with Gasteiger partial charge in [0.15, 0.2) is 0 Å². The molecule has 0 saturated carbocycles. The molecule has 2 rings (SSSR count). The summed E-state index contributed by atoms with van der Waals surface area (Å²) in [5.74, 6) is -0.0207. The van der Waals surface area contributed by atoms with Crippen LogP contribution in [-0.2, 0) is 4.79 Å². The Morgan fingerprint density at radius 2 is 2.33 bits per heavy atom. The van der Waals surface area contributed by atoms with Crippen LogP contribution in [0.2, 0.25) is 0 Å². The van der Waals surface area contributed by atoms with Gasteiger partial charge in [-0.15, -0.1) is 11.3 Å². The lowest BCUT2D eigenvalue weighted by molar-refractivity contribution is -0.113. The van der Waals surface area contributed by atoms with E-state index in [0.717, 1.165) is 11.3 Å². The molecular weight excluding hydrogens is 274 g/mol. The van der Waals surface area contributed by atoms with Crippen molar-refractivity contribution in [2.24, 2.45) is 0 Å². The van der Waals surface area contributed by atoms with Crippen LogP contribution in [0, 0.1) is 6.92 Å². The first-order valence-electron chi connectivity index (χ1n) is 4.54. The normalized spacial score (nSPS) is 10.5. The van der Waals surface area contributed by atoms with Crippen molar-refractivity contribution in [2.45, 2.75) is 6.92 Å². The Labute approximate surface area is 100 Å². The van der Waals surface area contributed by atoms with E-state index in [-0.39, 0.29) is 5.91 Å². The molecule has 2 aromatic rings. The molecule has 2 nitrogen and oxygen atoms in total. The number of hydrogen-bond donors (Lipinski definition) is 1. The highest BCUT2D eigenvalue weighted by atomic mass is 79.9. The third kappa shape index (κ3) is 2.21. The fraction of sp³-hybridized carbons (Fsp3) is 0.182. The quantitative estimate of drug-likeness (QED) is 0.840. The molecule has 15 heavy (non-hydrogen) atoms. The van der Waals surface area contributed by atoms with Gasteiger partial charge in [0, 0.05) is 10.4 Å². The molecule has 1 N–H and O–H groups in total. The van der Waals surface area contributed by atoms with Crippen LogP contribution in [0.1, 0.15) is 5.56 Å². The SMILES string of the molecule is Cc1cc2sccc2cc1NC(=O)CBr. The van der Waals surface area contributed by atoms with Gasteiger partial charge in [-0.3, -0.25) is 4.79 Å². The van der Waals surface area contributed by atoms with Crippen LogP contribution in [0.25, 0.3) is 10.1 Å². The molecule has 1 amide bonds. The summed E-state index contributed by atoms with van der Waals surface area (Å²) in [6.45, 7) is 2.00. The van der Waals surface area contributed by atoms with Crippen molar-refractivity contribution in [2.75, 3.05) is 10.6 Å². The number of rotatable bonds is 2. The number of carbonyl (C=O) groups excluding carboxylic acids is 1. The summed E-state index contributed by atoms with van der Waals surface area (Å²) in [5, 5.41) is 6.42. The number of benzene rings is 1. The van der Waals surface area contributed by atoms with E-state index in [0.29, 0.717) is 5.33 Å². The number of amides is 1. The smallest absolute Gasteiger partial charge is 0.235 e. The third-order valence-corrected chi connectivity index (χ3v) is 3.58. The lowest BCUT2D eigenvalue weighted by atomic mass is 10.1. The maximum Gasteiger partial charge on any atom is 0.235 e. The number of anilines is 1. The standard InChI is InChI=1S/C11H10BrNOS/c1-7-4-10-8(2-3-15-10)5-9(7)13-11(14)6-12/h2-5H,6H2,1H3,(H,13,14). The molecule has 0 aliphatic heterocycles. The number of nitrogens with one attached hydrogen (secondary N) is 1. The van der Waals surface area contributed by atoms with Gasteiger partial charge in [0.2, 0.25) is 5.91 Å². The summed E-state index contributed by atoms with van der Waals surface area (Å²) in [4.78, 5) is 11.3. The monoisotopic (exact) mass is 283 g/mol. The molecule has 1 heterocycles. The minimum absolute atomic E-state index is 0.0207. The topological polar surface area (TPSA) is 29.1 Å². The van der Waals surface area contributed by atoms with Crippen molar-refractivity contribution in [3.8, 4) is 0 Å². The van der Waals surface area contributed by atoms with Gasteiger partial charge >= 0.3 is 0 Å². The van der Waals surface area contributed by atoms with Crippen molar-refractivity contribution in [1.29, 1.82) is 0 Å². The molecule has 0 radical (unpaired) electrons. The third-order valence-electron chi connectivity index (χ3n) is 2.19. The second kappa shape index (κ2) is 4.33. The second-order valence-electron chi connectivity index (χ2n) is 3.31. The first kappa shape index (κ1) is 10.6. The summed E-state index contributed by atoms with van der Waals surface area (Å²) < 4.78 is 1.25. The second-order valence-corrected chi connectivity index (χ2v) is 4.82. The average molecular weight is 284 g/mol. The molecule has 0 saturated heterocycles. The summed E-state index contributed by atoms with van der Waals surface area (Å²) in [6.07, 6.45) is 0. The van der Waals surface area contributed by atoms with Gasteiger partial charge in [0.05, 0.1) is 5.33 Å². The Morgan fingerprint density at radius 1 is 1.53 bits per heavy atom. The Bertz CT molecular complexity index is 506. The number of halogens is 1. The zero-order valence-corrected chi connectivity index (χ0v) is 10.6. The van der Waals surface area contributed by atoms with Crippen LogP contribution >= 0.6 is 27.3 Å². The largest absolute Gasteiger partial charge is 0.325 e. The van der Waals surface area contributed by atoms with Gasteiger partial charge in [-0.1, -0.05) is 15.9 Å². The van der Waals surface area contributed by atoms with Gasteiger partial charge < -0.3 is 5.32 Å². The van der Waals surface area contributed by atoms with Crippen LogP contribution in [0.15, 0.2) is 23.6 Å². The molecule has 0 spiro atoms. The van der Waals surface area contributed by atoms with E-state index in [2.05, 4.69) is 38.8 Å². The van der Waals surface area contributed by atoms with E-state index in [1.165, 1.54) is 10.1 Å². The Hall–Kier alpha value is -0.870. The maximum absolute atomic E-state index is 11.3. The van der Waals surface area contributed by atoms with E-state index in [9.17, 15) is 4.79 Å². The number of hydrogen-bond acceptors (Lipinski definition) is 2. The zero-order chi connectivity index (χ0) is 10.8. The molecule has 0 bridgehead atoms. The fourth-order valence-electron chi connectivity index (χ4n) is 1.43. The molecule has 0 atom stereocenters. The lowest BCUT2D eigenvalue weighted by Crippen LogP contribution is -2.13. The van der Waals surface area contributed by atoms with Crippen molar-refractivity contribution in [3.63, 3.8) is 0 Å². The lowest BCUT2D eigenvalue weighted by Gasteiger charge is -2.07. The van der Waals surface area contributed by atoms with Gasteiger partial charge in [-0.25, -0.2) is 0 Å². The van der Waals surface area contributed by atoms with Gasteiger partial charge in [-0.05, 0) is 41.5 Å². The van der Waals surface area contributed by atoms with E-state index in [1.807, 2.05) is 13.0 Å². The minimum Gasteiger partial charge on any atom is -0.325 e. The average Bonchev–Trinajstić information content (AvgIpc) is 2.65. The molecule has 0 aliphatic rings. The zero-order valence-electron chi connectivity index (χ0n) is 8.21. The maximum atomic E-state index is 11.3. The molecule has 1 aromatic heterocycles. The highest BCUT2D eigenvalue weighted by Gasteiger charge is 2.05. The highest BCUT2D eigenvalue weighted by molar-refractivity contribution is 9.09. The molecule has 0 unspecified atom stereocenters. The van der Waals surface area contributed by atoms with Crippen LogP contribution < -0.4 is 5.32 Å². The number of fused-ring (bicyclic) bond motifs is 1. The van der Waals surface area contributed by atoms with Crippen molar-refractivity contribution >= 4 is 48.9 Å². The molecule has 4 heteroatoms. The van der Waals surface area contributed by atoms with E-state index < -0.39 is 0 Å². The van der Waals surface area contributed by atoms with Crippen molar-refractivity contribution < 1.29 is 4.79 Å². The summed E-state index contributed by atoms with van der Waals surface area (Å²) in [6, 6.07) is 6.18. The summed E-state index contributed by atoms with van der Waals surface area (Å²) >= 11 is 4.84. The molecule has 78 valence electrons. The van der Waals surface area contributed by atoms with E-state index in [1.54, 1.807) is 11.3 Å². The molecular formula is C11H10BrNOS. The van der Waals surface area contributed by atoms with Gasteiger partial charge in [0.1, 0.15) is 0 Å².